The maximum Gasteiger partial charge on any atom is 0.325 e. The standard InChI is InChI=1S/C7H12N4O/c1-4(2)5-6(8)11(3-10-5)7(9)12/h3-4H,8H2,1-2H3,(H2,9,12). The monoisotopic (exact) mass is 168 g/mol. The minimum absolute atomic E-state index is 0.200. The number of rotatable bonds is 1. The van der Waals surface area contributed by atoms with Crippen LogP contribution in [-0.4, -0.2) is 15.6 Å². The number of carbonyl (C=O) groups is 1. The first kappa shape index (κ1) is 8.58. The molecule has 0 radical (unpaired) electrons. The number of aromatic nitrogens is 2. The molecule has 0 aliphatic rings. The first-order valence-electron chi connectivity index (χ1n) is 3.66. The molecule has 0 saturated heterocycles. The molecule has 0 spiro atoms. The number of carbonyl (C=O) groups excluding carboxylic acids is 1. The summed E-state index contributed by atoms with van der Waals surface area (Å²) in [6.07, 6.45) is 1.34. The average Bonchev–Trinajstić information content (AvgIpc) is 2.30. The van der Waals surface area contributed by atoms with E-state index in [0.29, 0.717) is 11.5 Å². The summed E-state index contributed by atoms with van der Waals surface area (Å²) in [7, 11) is 0. The molecule has 0 aliphatic heterocycles. The van der Waals surface area contributed by atoms with E-state index in [2.05, 4.69) is 4.98 Å². The highest BCUT2D eigenvalue weighted by Crippen LogP contribution is 2.18. The van der Waals surface area contributed by atoms with E-state index in [4.69, 9.17) is 11.5 Å². The molecule has 0 bridgehead atoms. The Labute approximate surface area is 70.4 Å². The molecule has 1 aromatic rings. The molecular weight excluding hydrogens is 156 g/mol. The minimum atomic E-state index is -0.605. The zero-order chi connectivity index (χ0) is 9.30. The molecule has 5 nitrogen and oxygen atoms in total. The minimum Gasteiger partial charge on any atom is -0.383 e. The Kier molecular flexibility index (Phi) is 2.03. The van der Waals surface area contributed by atoms with Crippen LogP contribution in [0, 0.1) is 0 Å². The molecular formula is C7H12N4O. The molecule has 12 heavy (non-hydrogen) atoms. The number of nitrogen functional groups attached to an aromatic ring is 1. The summed E-state index contributed by atoms with van der Waals surface area (Å²) in [5, 5.41) is 0. The van der Waals surface area contributed by atoms with Crippen LogP contribution in [0.25, 0.3) is 0 Å². The first-order valence-corrected chi connectivity index (χ1v) is 3.66. The number of hydrogen-bond acceptors (Lipinski definition) is 3. The molecule has 0 fully saturated rings. The molecule has 1 aromatic heterocycles. The quantitative estimate of drug-likeness (QED) is 0.640. The summed E-state index contributed by atoms with van der Waals surface area (Å²) in [5.74, 6) is 0.531. The van der Waals surface area contributed by atoms with Gasteiger partial charge in [0.25, 0.3) is 0 Å². The van der Waals surface area contributed by atoms with Crippen molar-refractivity contribution in [1.29, 1.82) is 0 Å². The van der Waals surface area contributed by atoms with Gasteiger partial charge in [-0.3, -0.25) is 0 Å². The van der Waals surface area contributed by atoms with E-state index in [1.54, 1.807) is 0 Å². The van der Waals surface area contributed by atoms with Crippen LogP contribution in [0.1, 0.15) is 25.5 Å². The number of hydrogen-bond donors (Lipinski definition) is 2. The summed E-state index contributed by atoms with van der Waals surface area (Å²) in [6, 6.07) is -0.605. The van der Waals surface area contributed by atoms with Crippen LogP contribution in [0.15, 0.2) is 6.33 Å². The number of nitrogens with two attached hydrogens (primary N) is 2. The van der Waals surface area contributed by atoms with Crippen LogP contribution in [0.2, 0.25) is 0 Å². The summed E-state index contributed by atoms with van der Waals surface area (Å²) in [6.45, 7) is 3.90. The summed E-state index contributed by atoms with van der Waals surface area (Å²) >= 11 is 0. The maximum atomic E-state index is 10.7. The Bertz CT molecular complexity index is 302. The molecule has 0 unspecified atom stereocenters. The van der Waals surface area contributed by atoms with Crippen LogP contribution >= 0.6 is 0 Å². The van der Waals surface area contributed by atoms with Crippen LogP contribution in [-0.2, 0) is 0 Å². The van der Waals surface area contributed by atoms with Crippen molar-refractivity contribution in [2.75, 3.05) is 5.73 Å². The normalized spacial score (nSPS) is 10.6. The predicted octanol–water partition coefficient (Wildman–Crippen LogP) is 0.516. The third-order valence-corrected chi connectivity index (χ3v) is 1.62. The second-order valence-corrected chi connectivity index (χ2v) is 2.88. The van der Waals surface area contributed by atoms with Crippen molar-refractivity contribution in [3.8, 4) is 0 Å². The molecule has 0 aliphatic carbocycles. The van der Waals surface area contributed by atoms with Gasteiger partial charge >= 0.3 is 6.03 Å². The van der Waals surface area contributed by atoms with Crippen LogP contribution in [0.4, 0.5) is 10.6 Å². The molecule has 1 rings (SSSR count). The van der Waals surface area contributed by atoms with E-state index in [-0.39, 0.29) is 5.92 Å². The molecule has 1 amide bonds. The number of anilines is 1. The van der Waals surface area contributed by atoms with E-state index in [0.717, 1.165) is 4.57 Å². The van der Waals surface area contributed by atoms with Crippen molar-refractivity contribution in [1.82, 2.24) is 9.55 Å². The summed E-state index contributed by atoms with van der Waals surface area (Å²) in [5.41, 5.74) is 11.3. The maximum absolute atomic E-state index is 10.7. The third kappa shape index (κ3) is 1.25. The summed E-state index contributed by atoms with van der Waals surface area (Å²) < 4.78 is 1.13. The first-order chi connectivity index (χ1) is 5.54. The van der Waals surface area contributed by atoms with Crippen LogP contribution in [0.3, 0.4) is 0 Å². The van der Waals surface area contributed by atoms with Gasteiger partial charge in [0.1, 0.15) is 12.1 Å². The summed E-state index contributed by atoms with van der Waals surface area (Å²) in [4.78, 5) is 14.7. The second-order valence-electron chi connectivity index (χ2n) is 2.88. The Balaban J connectivity index is 3.13. The fourth-order valence-corrected chi connectivity index (χ4v) is 0.992. The van der Waals surface area contributed by atoms with Gasteiger partial charge in [-0.25, -0.2) is 14.3 Å². The Morgan fingerprint density at radius 3 is 2.50 bits per heavy atom. The Morgan fingerprint density at radius 2 is 2.25 bits per heavy atom. The van der Waals surface area contributed by atoms with E-state index in [1.807, 2.05) is 13.8 Å². The van der Waals surface area contributed by atoms with Crippen molar-refractivity contribution in [2.24, 2.45) is 5.73 Å². The van der Waals surface area contributed by atoms with Gasteiger partial charge in [0, 0.05) is 0 Å². The number of amides is 1. The molecule has 0 aromatic carbocycles. The van der Waals surface area contributed by atoms with Gasteiger partial charge in [0.05, 0.1) is 5.69 Å². The van der Waals surface area contributed by atoms with Crippen LogP contribution in [0.5, 0.6) is 0 Å². The van der Waals surface area contributed by atoms with Gasteiger partial charge in [0.2, 0.25) is 0 Å². The lowest BCUT2D eigenvalue weighted by atomic mass is 10.1. The molecule has 0 saturated carbocycles. The van der Waals surface area contributed by atoms with Gasteiger partial charge in [-0.1, -0.05) is 13.8 Å². The highest BCUT2D eigenvalue weighted by molar-refractivity contribution is 5.78. The Hall–Kier alpha value is -1.52. The van der Waals surface area contributed by atoms with Crippen molar-refractivity contribution >= 4 is 11.8 Å². The van der Waals surface area contributed by atoms with E-state index in [1.165, 1.54) is 6.33 Å². The average molecular weight is 168 g/mol. The number of primary amides is 1. The van der Waals surface area contributed by atoms with Gasteiger partial charge in [-0.15, -0.1) is 0 Å². The lowest BCUT2D eigenvalue weighted by Gasteiger charge is -2.02. The lowest BCUT2D eigenvalue weighted by Crippen LogP contribution is -2.20. The number of imidazole rings is 1. The Morgan fingerprint density at radius 1 is 1.67 bits per heavy atom. The number of nitrogens with zero attached hydrogens (tertiary/aromatic N) is 2. The smallest absolute Gasteiger partial charge is 0.325 e. The largest absolute Gasteiger partial charge is 0.383 e. The molecule has 1 heterocycles. The van der Waals surface area contributed by atoms with E-state index < -0.39 is 6.03 Å². The SMILES string of the molecule is CC(C)c1ncn(C(N)=O)c1N. The topological polar surface area (TPSA) is 86.9 Å². The molecule has 4 N–H and O–H groups in total. The fourth-order valence-electron chi connectivity index (χ4n) is 0.992. The fraction of sp³-hybridized carbons (Fsp3) is 0.429. The zero-order valence-corrected chi connectivity index (χ0v) is 7.11. The van der Waals surface area contributed by atoms with E-state index in [9.17, 15) is 4.79 Å². The van der Waals surface area contributed by atoms with Gasteiger partial charge in [-0.05, 0) is 5.92 Å². The highest BCUT2D eigenvalue weighted by Gasteiger charge is 2.12. The van der Waals surface area contributed by atoms with Gasteiger partial charge in [0.15, 0.2) is 0 Å². The second kappa shape index (κ2) is 2.84. The molecule has 0 atom stereocenters. The lowest BCUT2D eigenvalue weighted by molar-refractivity contribution is 0.250. The zero-order valence-electron chi connectivity index (χ0n) is 7.11. The van der Waals surface area contributed by atoms with E-state index >= 15 is 0 Å². The van der Waals surface area contributed by atoms with Crippen LogP contribution < -0.4 is 11.5 Å². The van der Waals surface area contributed by atoms with Gasteiger partial charge in [-0.2, -0.15) is 0 Å². The third-order valence-electron chi connectivity index (χ3n) is 1.62. The van der Waals surface area contributed by atoms with Crippen molar-refractivity contribution in [3.63, 3.8) is 0 Å². The predicted molar refractivity (Wildman–Crippen MR) is 45.7 cm³/mol. The van der Waals surface area contributed by atoms with Crippen molar-refractivity contribution < 1.29 is 4.79 Å². The van der Waals surface area contributed by atoms with Crippen molar-refractivity contribution in [3.05, 3.63) is 12.0 Å². The molecule has 66 valence electrons. The van der Waals surface area contributed by atoms with Crippen molar-refractivity contribution in [2.45, 2.75) is 19.8 Å². The van der Waals surface area contributed by atoms with Gasteiger partial charge < -0.3 is 11.5 Å². The molecule has 5 heteroatoms. The highest BCUT2D eigenvalue weighted by atomic mass is 16.2.